The smallest absolute Gasteiger partial charge is 0.248 e. The van der Waals surface area contributed by atoms with Crippen molar-refractivity contribution >= 4 is 39.3 Å². The molecule has 0 radical (unpaired) electrons. The lowest BCUT2D eigenvalue weighted by Gasteiger charge is -2.38. The van der Waals surface area contributed by atoms with Crippen LogP contribution in [0, 0.1) is 11.8 Å². The van der Waals surface area contributed by atoms with Gasteiger partial charge in [-0.2, -0.15) is 0 Å². The van der Waals surface area contributed by atoms with Crippen LogP contribution in [0.25, 0.3) is 0 Å². The summed E-state index contributed by atoms with van der Waals surface area (Å²) in [5, 5.41) is 10.1. The molecular formula is C29H38BrN3O5. The number of carbonyl (C=O) groups is 3. The number of carbonyl (C=O) groups excluding carboxylic acids is 3. The Kier molecular flexibility index (Phi) is 8.79. The first-order chi connectivity index (χ1) is 18.3. The van der Waals surface area contributed by atoms with Crippen LogP contribution in [0.15, 0.2) is 55.6 Å². The zero-order valence-corrected chi connectivity index (χ0v) is 23.8. The van der Waals surface area contributed by atoms with E-state index in [0.29, 0.717) is 25.2 Å². The van der Waals surface area contributed by atoms with Crippen LogP contribution >= 0.6 is 15.9 Å². The molecule has 1 N–H and O–H groups in total. The molecule has 1 aromatic rings. The van der Waals surface area contributed by atoms with Gasteiger partial charge in [0, 0.05) is 30.1 Å². The molecule has 0 aliphatic carbocycles. The second kappa shape index (κ2) is 11.7. The van der Waals surface area contributed by atoms with Crippen molar-refractivity contribution in [1.29, 1.82) is 0 Å². The molecule has 3 aliphatic rings. The van der Waals surface area contributed by atoms with Crippen LogP contribution in [-0.2, 0) is 19.1 Å². The molecule has 3 unspecified atom stereocenters. The monoisotopic (exact) mass is 587 g/mol. The summed E-state index contributed by atoms with van der Waals surface area (Å²) >= 11 is 3.72. The Bertz CT molecular complexity index is 1070. The first-order valence-corrected chi connectivity index (χ1v) is 14.3. The molecular weight excluding hydrogens is 550 g/mol. The highest BCUT2D eigenvalue weighted by molar-refractivity contribution is 9.09. The van der Waals surface area contributed by atoms with Crippen molar-refractivity contribution in [2.45, 2.75) is 61.7 Å². The summed E-state index contributed by atoms with van der Waals surface area (Å²) in [6.45, 7) is 12.3. The van der Waals surface area contributed by atoms with Gasteiger partial charge in [-0.25, -0.2) is 0 Å². The Morgan fingerprint density at radius 3 is 2.53 bits per heavy atom. The number of amides is 3. The number of rotatable bonds is 12. The number of aliphatic hydroxyl groups is 1. The number of unbranched alkanes of at least 4 members (excludes halogenated alkanes) is 1. The highest BCUT2D eigenvalue weighted by atomic mass is 79.9. The summed E-state index contributed by atoms with van der Waals surface area (Å²) in [5.74, 6) is -2.39. The molecule has 3 amide bonds. The summed E-state index contributed by atoms with van der Waals surface area (Å²) in [5.41, 5.74) is -0.463. The average Bonchev–Trinajstić information content (AvgIpc) is 3.52. The van der Waals surface area contributed by atoms with E-state index < -0.39 is 35.6 Å². The minimum absolute atomic E-state index is 0.204. The Morgan fingerprint density at radius 2 is 1.92 bits per heavy atom. The molecule has 3 heterocycles. The predicted octanol–water partition coefficient (Wildman–Crippen LogP) is 3.15. The minimum Gasteiger partial charge on any atom is -0.394 e. The molecule has 9 heteroatoms. The highest BCUT2D eigenvalue weighted by Crippen LogP contribution is 2.60. The fraction of sp³-hybridized carbons (Fsp3) is 0.552. The summed E-state index contributed by atoms with van der Waals surface area (Å²) in [4.78, 5) is 47.2. The molecule has 8 nitrogen and oxygen atoms in total. The third-order valence-corrected chi connectivity index (χ3v) is 8.92. The average molecular weight is 589 g/mol. The second-order valence-corrected chi connectivity index (χ2v) is 11.6. The molecule has 4 rings (SSSR count). The number of halogens is 1. The first-order valence-electron chi connectivity index (χ1n) is 13.4. The molecule has 3 fully saturated rings. The van der Waals surface area contributed by atoms with Gasteiger partial charge in [0.2, 0.25) is 17.7 Å². The number of nitrogens with zero attached hydrogens (tertiary/aromatic N) is 3. The fourth-order valence-electron chi connectivity index (χ4n) is 6.40. The Morgan fingerprint density at radius 1 is 1.24 bits per heavy atom. The van der Waals surface area contributed by atoms with Crippen molar-refractivity contribution in [2.75, 3.05) is 31.1 Å². The summed E-state index contributed by atoms with van der Waals surface area (Å²) in [6.07, 6.45) is 4.92. The number of aliphatic hydroxyl groups excluding tert-OH is 1. The number of hydrogen-bond donors (Lipinski definition) is 1. The lowest BCUT2D eigenvalue weighted by atomic mass is 9.70. The maximum absolute atomic E-state index is 14.2. The number of fused-ring (bicyclic) bond motifs is 1. The number of likely N-dealkylation sites (tertiary alicyclic amines) is 1. The van der Waals surface area contributed by atoms with E-state index in [9.17, 15) is 19.5 Å². The Balaban J connectivity index is 1.78. The number of alkyl halides is 1. The molecule has 7 atom stereocenters. The molecule has 0 aromatic heterocycles. The van der Waals surface area contributed by atoms with E-state index in [1.54, 1.807) is 28.9 Å². The van der Waals surface area contributed by atoms with Crippen molar-refractivity contribution in [3.63, 3.8) is 0 Å². The lowest BCUT2D eigenvalue weighted by molar-refractivity contribution is -0.150. The maximum Gasteiger partial charge on any atom is 0.248 e. The maximum atomic E-state index is 14.2. The van der Waals surface area contributed by atoms with Crippen molar-refractivity contribution in [1.82, 2.24) is 9.80 Å². The van der Waals surface area contributed by atoms with Crippen LogP contribution in [0.4, 0.5) is 5.69 Å². The normalized spacial score (nSPS) is 30.2. The fourth-order valence-corrected chi connectivity index (χ4v) is 7.34. The zero-order chi connectivity index (χ0) is 27.6. The van der Waals surface area contributed by atoms with Gasteiger partial charge in [-0.15, -0.1) is 13.2 Å². The van der Waals surface area contributed by atoms with E-state index in [1.165, 1.54) is 4.90 Å². The van der Waals surface area contributed by atoms with Crippen LogP contribution in [0.3, 0.4) is 0 Å². The summed E-state index contributed by atoms with van der Waals surface area (Å²) < 4.78 is 6.62. The third-order valence-electron chi connectivity index (χ3n) is 8.07. The van der Waals surface area contributed by atoms with E-state index in [4.69, 9.17) is 4.74 Å². The van der Waals surface area contributed by atoms with Gasteiger partial charge in [0.1, 0.15) is 11.6 Å². The van der Waals surface area contributed by atoms with Gasteiger partial charge in [0.05, 0.1) is 30.6 Å². The first kappa shape index (κ1) is 28.5. The van der Waals surface area contributed by atoms with Crippen molar-refractivity contribution in [3.8, 4) is 0 Å². The van der Waals surface area contributed by atoms with Crippen molar-refractivity contribution in [3.05, 3.63) is 55.6 Å². The van der Waals surface area contributed by atoms with Crippen LogP contribution < -0.4 is 4.90 Å². The summed E-state index contributed by atoms with van der Waals surface area (Å²) in [7, 11) is 0. The number of hydrogen-bond acceptors (Lipinski definition) is 5. The van der Waals surface area contributed by atoms with E-state index in [2.05, 4.69) is 36.0 Å². The predicted molar refractivity (Wildman–Crippen MR) is 150 cm³/mol. The quantitative estimate of drug-likeness (QED) is 0.300. The van der Waals surface area contributed by atoms with Gasteiger partial charge in [-0.05, 0) is 31.9 Å². The van der Waals surface area contributed by atoms with Crippen molar-refractivity contribution in [2.24, 2.45) is 11.8 Å². The SMILES string of the molecule is C=CCN(CCCC)C(=O)C1N([C@H](C)CO)C(=O)[C@@H]2[C@@H](C(=O)N(CC=C)c3ccccc3)[C@@H]3OC12CC3Br. The number of para-hydroxylation sites is 1. The zero-order valence-electron chi connectivity index (χ0n) is 22.2. The molecule has 1 spiro atoms. The topological polar surface area (TPSA) is 90.4 Å². The molecule has 38 heavy (non-hydrogen) atoms. The molecule has 3 saturated heterocycles. The van der Waals surface area contributed by atoms with Crippen molar-refractivity contribution < 1.29 is 24.2 Å². The number of anilines is 1. The van der Waals surface area contributed by atoms with Gasteiger partial charge < -0.3 is 24.5 Å². The molecule has 206 valence electrons. The van der Waals surface area contributed by atoms with Gasteiger partial charge in [-0.3, -0.25) is 14.4 Å². The molecule has 1 aromatic carbocycles. The lowest BCUT2D eigenvalue weighted by Crippen LogP contribution is -2.58. The van der Waals surface area contributed by atoms with Gasteiger partial charge >= 0.3 is 0 Å². The van der Waals surface area contributed by atoms with E-state index in [0.717, 1.165) is 12.8 Å². The highest BCUT2D eigenvalue weighted by Gasteiger charge is 2.77. The van der Waals surface area contributed by atoms with Gasteiger partial charge in [0.15, 0.2) is 0 Å². The molecule has 2 bridgehead atoms. The Hall–Kier alpha value is -2.49. The largest absolute Gasteiger partial charge is 0.394 e. The standard InChI is InChI=1S/C29H38BrN3O5/c1-5-8-16-31(14-6-2)28(37)25-29-17-21(30)24(38-29)22(23(29)27(36)33(25)19(4)18-34)26(35)32(15-7-3)20-12-10-9-11-13-20/h6-7,9-13,19,21-25,34H,2-3,5,8,14-18H2,1,4H3/t19-,21?,22-,23+,24-,25?,29?/m1/s1. The van der Waals surface area contributed by atoms with Crippen LogP contribution in [0.1, 0.15) is 33.1 Å². The van der Waals surface area contributed by atoms with E-state index in [1.807, 2.05) is 30.3 Å². The van der Waals surface area contributed by atoms with Gasteiger partial charge in [0.25, 0.3) is 0 Å². The third kappa shape index (κ3) is 4.62. The summed E-state index contributed by atoms with van der Waals surface area (Å²) in [6, 6.07) is 7.74. The second-order valence-electron chi connectivity index (χ2n) is 10.4. The van der Waals surface area contributed by atoms with Crippen LogP contribution in [0.5, 0.6) is 0 Å². The van der Waals surface area contributed by atoms with E-state index in [-0.39, 0.29) is 35.7 Å². The minimum atomic E-state index is -1.17. The van der Waals surface area contributed by atoms with Crippen LogP contribution in [0.2, 0.25) is 0 Å². The number of benzene rings is 1. The Labute approximate surface area is 233 Å². The van der Waals surface area contributed by atoms with E-state index >= 15 is 0 Å². The number of ether oxygens (including phenoxy) is 1. The van der Waals surface area contributed by atoms with Gasteiger partial charge in [-0.1, -0.05) is 59.6 Å². The van der Waals surface area contributed by atoms with Crippen LogP contribution in [-0.4, -0.2) is 87.5 Å². The molecule has 0 saturated carbocycles. The molecule has 3 aliphatic heterocycles.